The van der Waals surface area contributed by atoms with E-state index in [1.807, 2.05) is 39.0 Å². The van der Waals surface area contributed by atoms with Crippen LogP contribution in [0, 0.1) is 11.8 Å². The molecular weight excluding hydrogens is 276 g/mol. The summed E-state index contributed by atoms with van der Waals surface area (Å²) in [5.41, 5.74) is 7.69. The highest BCUT2D eigenvalue weighted by atomic mass is 16.5. The molecule has 5 heteroatoms. The van der Waals surface area contributed by atoms with Gasteiger partial charge >= 0.3 is 0 Å². The quantitative estimate of drug-likeness (QED) is 0.796. The number of rotatable bonds is 2. The zero-order chi connectivity index (χ0) is 16.0. The smallest absolute Gasteiger partial charge is 0.176 e. The molecule has 1 aliphatic carbocycles. The molecule has 0 amide bonds. The van der Waals surface area contributed by atoms with Crippen molar-refractivity contribution in [2.45, 2.75) is 39.2 Å². The molecular formula is C17H20N4O. The number of hydrogen-bond acceptors (Lipinski definition) is 5. The molecule has 22 heavy (non-hydrogen) atoms. The number of allylic oxidation sites excluding steroid dienone is 4. The molecule has 1 aliphatic heterocycles. The molecule has 1 heterocycles. The molecule has 2 aliphatic rings. The van der Waals surface area contributed by atoms with E-state index in [0.29, 0.717) is 17.9 Å². The summed E-state index contributed by atoms with van der Waals surface area (Å²) >= 11 is 0. The lowest BCUT2D eigenvalue weighted by Crippen LogP contribution is -2.39. The fourth-order valence-corrected chi connectivity index (χ4v) is 2.04. The second-order valence-electron chi connectivity index (χ2n) is 5.15. The van der Waals surface area contributed by atoms with Crippen LogP contribution in [-0.2, 0) is 4.74 Å². The van der Waals surface area contributed by atoms with Crippen molar-refractivity contribution in [1.82, 2.24) is 0 Å². The summed E-state index contributed by atoms with van der Waals surface area (Å²) in [5, 5.41) is 0. The van der Waals surface area contributed by atoms with Gasteiger partial charge in [-0.25, -0.2) is 15.0 Å². The lowest BCUT2D eigenvalue weighted by molar-refractivity contribution is 0.154. The molecule has 1 unspecified atom stereocenters. The van der Waals surface area contributed by atoms with Crippen LogP contribution in [0.3, 0.4) is 0 Å². The second kappa shape index (κ2) is 6.90. The van der Waals surface area contributed by atoms with Gasteiger partial charge in [-0.05, 0) is 38.0 Å². The maximum absolute atomic E-state index is 5.92. The molecule has 1 atom stereocenters. The third-order valence-electron chi connectivity index (χ3n) is 3.61. The number of nitrogens with zero attached hydrogens (tertiary/aromatic N) is 3. The highest BCUT2D eigenvalue weighted by Gasteiger charge is 2.32. The highest BCUT2D eigenvalue weighted by Crippen LogP contribution is 2.25. The topological polar surface area (TPSA) is 72.3 Å². The van der Waals surface area contributed by atoms with Gasteiger partial charge in [0, 0.05) is 6.42 Å². The Kier molecular flexibility index (Phi) is 4.95. The Morgan fingerprint density at radius 1 is 1.45 bits per heavy atom. The van der Waals surface area contributed by atoms with Crippen molar-refractivity contribution < 1.29 is 4.74 Å². The second-order valence-corrected chi connectivity index (χ2v) is 5.15. The van der Waals surface area contributed by atoms with Crippen molar-refractivity contribution in [3.05, 3.63) is 35.3 Å². The minimum atomic E-state index is -0.614. The number of ether oxygens (including phenoxy) is 1. The molecule has 2 N–H and O–H groups in total. The zero-order valence-electron chi connectivity index (χ0n) is 13.1. The Hall–Kier alpha value is -2.61. The molecule has 0 aromatic heterocycles. The summed E-state index contributed by atoms with van der Waals surface area (Å²) in [6.45, 7) is 5.86. The van der Waals surface area contributed by atoms with Crippen molar-refractivity contribution >= 4 is 18.5 Å². The van der Waals surface area contributed by atoms with E-state index in [1.165, 1.54) is 12.7 Å². The molecule has 0 bridgehead atoms. The van der Waals surface area contributed by atoms with Gasteiger partial charge in [-0.1, -0.05) is 24.8 Å². The first-order chi connectivity index (χ1) is 10.6. The maximum Gasteiger partial charge on any atom is 0.176 e. The Balaban J connectivity index is 2.59. The van der Waals surface area contributed by atoms with Crippen LogP contribution < -0.4 is 5.73 Å². The molecule has 0 saturated carbocycles. The van der Waals surface area contributed by atoms with Crippen LogP contribution >= 0.6 is 0 Å². The van der Waals surface area contributed by atoms with E-state index in [9.17, 15) is 0 Å². The average Bonchev–Trinajstić information content (AvgIpc) is 2.80. The Labute approximate surface area is 131 Å². The average molecular weight is 296 g/mol. The van der Waals surface area contributed by atoms with Crippen LogP contribution in [0.1, 0.15) is 33.6 Å². The lowest BCUT2D eigenvalue weighted by atomic mass is 9.90. The normalized spacial score (nSPS) is 29.4. The Bertz CT molecular complexity index is 683. The fraction of sp³-hybridized carbons (Fsp3) is 0.353. The van der Waals surface area contributed by atoms with Crippen LogP contribution in [0.25, 0.3) is 0 Å². The number of aliphatic imine (C=N–C) groups is 3. The van der Waals surface area contributed by atoms with Gasteiger partial charge < -0.3 is 10.5 Å². The van der Waals surface area contributed by atoms with Gasteiger partial charge in [0.15, 0.2) is 6.40 Å². The Morgan fingerprint density at radius 3 is 3.05 bits per heavy atom. The van der Waals surface area contributed by atoms with Crippen LogP contribution in [0.4, 0.5) is 0 Å². The summed E-state index contributed by atoms with van der Waals surface area (Å²) in [6, 6.07) is 0. The third kappa shape index (κ3) is 3.53. The molecule has 0 spiro atoms. The number of nitrogens with two attached hydrogens (primary N) is 1. The molecule has 2 rings (SSSR count). The molecule has 114 valence electrons. The minimum Gasteiger partial charge on any atom is -0.471 e. The monoisotopic (exact) mass is 296 g/mol. The van der Waals surface area contributed by atoms with Crippen LogP contribution in [0.2, 0.25) is 0 Å². The summed E-state index contributed by atoms with van der Waals surface area (Å²) < 4.78 is 5.85. The van der Waals surface area contributed by atoms with Gasteiger partial charge in [0.1, 0.15) is 17.8 Å². The van der Waals surface area contributed by atoms with Crippen molar-refractivity contribution in [1.29, 1.82) is 0 Å². The molecule has 0 aromatic rings. The lowest BCUT2D eigenvalue weighted by Gasteiger charge is -2.30. The third-order valence-corrected chi connectivity index (χ3v) is 3.61. The van der Waals surface area contributed by atoms with Gasteiger partial charge in [-0.15, -0.1) is 0 Å². The van der Waals surface area contributed by atoms with Crippen LogP contribution in [0.15, 0.2) is 50.3 Å². The summed E-state index contributed by atoms with van der Waals surface area (Å²) in [5.74, 6) is 6.34. The predicted molar refractivity (Wildman–Crippen MR) is 90.7 cm³/mol. The summed E-state index contributed by atoms with van der Waals surface area (Å²) in [7, 11) is 0. The Morgan fingerprint density at radius 2 is 2.27 bits per heavy atom. The van der Waals surface area contributed by atoms with E-state index in [-0.39, 0.29) is 0 Å². The van der Waals surface area contributed by atoms with Crippen LogP contribution in [0.5, 0.6) is 0 Å². The minimum absolute atomic E-state index is 0.337. The maximum atomic E-state index is 5.92. The van der Waals surface area contributed by atoms with E-state index < -0.39 is 5.60 Å². The first-order valence-corrected chi connectivity index (χ1v) is 7.20. The molecule has 0 radical (unpaired) electrons. The predicted octanol–water partition coefficient (Wildman–Crippen LogP) is 2.72. The van der Waals surface area contributed by atoms with E-state index >= 15 is 0 Å². The van der Waals surface area contributed by atoms with E-state index in [0.717, 1.165) is 17.7 Å². The van der Waals surface area contributed by atoms with Crippen LogP contribution in [-0.4, -0.2) is 24.1 Å². The van der Waals surface area contributed by atoms with Gasteiger partial charge in [0.25, 0.3) is 0 Å². The highest BCUT2D eigenvalue weighted by molar-refractivity contribution is 6.09. The van der Waals surface area contributed by atoms with Crippen molar-refractivity contribution in [2.75, 3.05) is 0 Å². The number of hydrogen-bond donors (Lipinski definition) is 1. The fourth-order valence-electron chi connectivity index (χ4n) is 2.04. The first-order valence-electron chi connectivity index (χ1n) is 7.20. The molecule has 0 fully saturated rings. The molecule has 0 saturated heterocycles. The standard InChI is InChI=1S/C17H20N4O/c1-4-17(3)15(14-9-7-5-6-8-10-14)21-13(2)16(18)20-11-19-12-22-17/h7,9-12H,4,8,18H2,1-3H3/b16-13+,19-12?,20-11-,21-15?. The van der Waals surface area contributed by atoms with E-state index in [4.69, 9.17) is 15.5 Å². The summed E-state index contributed by atoms with van der Waals surface area (Å²) in [4.78, 5) is 12.7. The SMILES string of the molecule is CCC1(C)OC=N/C=N\C(N)=C(/C)N=C1C1=CCC#CC=C1. The van der Waals surface area contributed by atoms with Crippen molar-refractivity contribution in [2.24, 2.45) is 20.7 Å². The van der Waals surface area contributed by atoms with Gasteiger partial charge in [-0.2, -0.15) is 0 Å². The largest absolute Gasteiger partial charge is 0.471 e. The van der Waals surface area contributed by atoms with E-state index in [1.54, 1.807) is 0 Å². The molecule has 5 nitrogen and oxygen atoms in total. The van der Waals surface area contributed by atoms with Gasteiger partial charge in [-0.3, -0.25) is 0 Å². The summed E-state index contributed by atoms with van der Waals surface area (Å²) in [6.07, 6.45) is 9.96. The zero-order valence-corrected chi connectivity index (χ0v) is 13.1. The first kappa shape index (κ1) is 15.8. The molecule has 0 aromatic carbocycles. The van der Waals surface area contributed by atoms with Crippen molar-refractivity contribution in [3.8, 4) is 11.8 Å². The van der Waals surface area contributed by atoms with Crippen molar-refractivity contribution in [3.63, 3.8) is 0 Å². The van der Waals surface area contributed by atoms with Gasteiger partial charge in [0.2, 0.25) is 0 Å². The van der Waals surface area contributed by atoms with E-state index in [2.05, 4.69) is 21.8 Å². The van der Waals surface area contributed by atoms with Gasteiger partial charge in [0.05, 0.1) is 11.4 Å².